The Bertz CT molecular complexity index is 562. The predicted octanol–water partition coefficient (Wildman–Crippen LogP) is -1.50. The van der Waals surface area contributed by atoms with E-state index in [0.717, 1.165) is 4.57 Å². The van der Waals surface area contributed by atoms with Crippen LogP contribution in [-0.4, -0.2) is 38.2 Å². The normalized spacial score (nSPS) is 27.7. The van der Waals surface area contributed by atoms with Crippen molar-refractivity contribution in [3.8, 4) is 0 Å². The Morgan fingerprint density at radius 1 is 1.50 bits per heavy atom. The van der Waals surface area contributed by atoms with Crippen molar-refractivity contribution in [2.24, 2.45) is 7.05 Å². The summed E-state index contributed by atoms with van der Waals surface area (Å²) in [5.41, 5.74) is -0.433. The fraction of sp³-hybridized carbons (Fsp3) is 0.636. The van der Waals surface area contributed by atoms with Crippen LogP contribution in [0.25, 0.3) is 0 Å². The van der Waals surface area contributed by atoms with E-state index < -0.39 is 24.1 Å². The van der Waals surface area contributed by atoms with Gasteiger partial charge in [-0.3, -0.25) is 13.9 Å². The third-order valence-corrected chi connectivity index (χ3v) is 3.18. The molecule has 2 rings (SSSR count). The summed E-state index contributed by atoms with van der Waals surface area (Å²) < 4.78 is 7.66. The molecule has 100 valence electrons. The third-order valence-electron chi connectivity index (χ3n) is 3.18. The molecule has 0 bridgehead atoms. The second kappa shape index (κ2) is 4.68. The zero-order valence-electron chi connectivity index (χ0n) is 10.2. The van der Waals surface area contributed by atoms with Gasteiger partial charge in [0.25, 0.3) is 5.56 Å². The average molecular weight is 256 g/mol. The SMILES string of the molecule is Cc1cn([C@@H]2C[C@@H](O)[C@@H](CO)O2)c(=O)n(C)c1=O. The van der Waals surface area contributed by atoms with Gasteiger partial charge in [-0.2, -0.15) is 0 Å². The van der Waals surface area contributed by atoms with Crippen LogP contribution in [-0.2, 0) is 11.8 Å². The van der Waals surface area contributed by atoms with Gasteiger partial charge in [-0.05, 0) is 6.92 Å². The van der Waals surface area contributed by atoms with Gasteiger partial charge in [0.1, 0.15) is 12.3 Å². The number of aliphatic hydroxyl groups excluding tert-OH is 2. The minimum atomic E-state index is -0.815. The smallest absolute Gasteiger partial charge is 0.332 e. The molecule has 0 saturated carbocycles. The summed E-state index contributed by atoms with van der Waals surface area (Å²) >= 11 is 0. The van der Waals surface area contributed by atoms with Crippen molar-refractivity contribution >= 4 is 0 Å². The Morgan fingerprint density at radius 3 is 2.72 bits per heavy atom. The Labute approximate surface area is 103 Å². The van der Waals surface area contributed by atoms with E-state index in [2.05, 4.69) is 0 Å². The molecule has 7 heteroatoms. The molecule has 1 aromatic heterocycles. The van der Waals surface area contributed by atoms with Crippen LogP contribution >= 0.6 is 0 Å². The Balaban J connectivity index is 2.42. The summed E-state index contributed by atoms with van der Waals surface area (Å²) in [5, 5.41) is 18.6. The van der Waals surface area contributed by atoms with Crippen LogP contribution in [0.1, 0.15) is 18.2 Å². The van der Waals surface area contributed by atoms with Crippen LogP contribution in [0.4, 0.5) is 0 Å². The molecule has 0 unspecified atom stereocenters. The molecule has 18 heavy (non-hydrogen) atoms. The number of hydrogen-bond acceptors (Lipinski definition) is 5. The van der Waals surface area contributed by atoms with Crippen LogP contribution in [0.3, 0.4) is 0 Å². The van der Waals surface area contributed by atoms with Gasteiger partial charge in [-0.1, -0.05) is 0 Å². The van der Waals surface area contributed by atoms with Crippen LogP contribution in [0.15, 0.2) is 15.8 Å². The first-order valence-corrected chi connectivity index (χ1v) is 5.69. The summed E-state index contributed by atoms with van der Waals surface area (Å²) in [5.74, 6) is 0. The van der Waals surface area contributed by atoms with Crippen molar-refractivity contribution < 1.29 is 14.9 Å². The molecule has 1 aromatic rings. The lowest BCUT2D eigenvalue weighted by molar-refractivity contribution is -0.0463. The lowest BCUT2D eigenvalue weighted by Crippen LogP contribution is -2.40. The molecule has 0 spiro atoms. The van der Waals surface area contributed by atoms with E-state index in [0.29, 0.717) is 5.56 Å². The number of aliphatic hydroxyl groups is 2. The zero-order valence-corrected chi connectivity index (χ0v) is 10.2. The molecule has 1 fully saturated rings. The van der Waals surface area contributed by atoms with E-state index in [1.807, 2.05) is 0 Å². The van der Waals surface area contributed by atoms with E-state index in [1.54, 1.807) is 6.92 Å². The first-order chi connectivity index (χ1) is 8.45. The van der Waals surface area contributed by atoms with Crippen LogP contribution < -0.4 is 11.2 Å². The van der Waals surface area contributed by atoms with Crippen molar-refractivity contribution in [2.45, 2.75) is 31.8 Å². The first-order valence-electron chi connectivity index (χ1n) is 5.69. The first kappa shape index (κ1) is 13.0. The number of aromatic nitrogens is 2. The quantitative estimate of drug-likeness (QED) is 0.671. The molecule has 0 aromatic carbocycles. The van der Waals surface area contributed by atoms with E-state index in [9.17, 15) is 14.7 Å². The van der Waals surface area contributed by atoms with Gasteiger partial charge < -0.3 is 14.9 Å². The minimum absolute atomic E-state index is 0.211. The highest BCUT2D eigenvalue weighted by Crippen LogP contribution is 2.27. The van der Waals surface area contributed by atoms with Gasteiger partial charge in [0.05, 0.1) is 12.7 Å². The van der Waals surface area contributed by atoms with Gasteiger partial charge in [0.15, 0.2) is 0 Å². The molecule has 2 N–H and O–H groups in total. The molecule has 0 radical (unpaired) electrons. The van der Waals surface area contributed by atoms with Crippen LogP contribution in [0.2, 0.25) is 0 Å². The largest absolute Gasteiger partial charge is 0.394 e. The molecule has 2 heterocycles. The molecule has 1 saturated heterocycles. The Morgan fingerprint density at radius 2 is 2.17 bits per heavy atom. The maximum absolute atomic E-state index is 11.9. The standard InChI is InChI=1S/C11H16N2O5/c1-6-4-13(11(17)12(2)10(6)16)9-3-7(15)8(5-14)18-9/h4,7-9,14-15H,3,5H2,1-2H3/t7-,8-,9+/m1/s1. The summed E-state index contributed by atoms with van der Waals surface area (Å²) in [6.45, 7) is 1.30. The van der Waals surface area contributed by atoms with Crippen molar-refractivity contribution in [2.75, 3.05) is 6.61 Å². The fourth-order valence-corrected chi connectivity index (χ4v) is 2.10. The Hall–Kier alpha value is -1.44. The topological polar surface area (TPSA) is 93.7 Å². The average Bonchev–Trinajstić information content (AvgIpc) is 2.72. The second-order valence-electron chi connectivity index (χ2n) is 4.48. The number of hydrogen-bond donors (Lipinski definition) is 2. The van der Waals surface area contributed by atoms with Crippen LogP contribution in [0, 0.1) is 6.92 Å². The lowest BCUT2D eigenvalue weighted by Gasteiger charge is -2.16. The van der Waals surface area contributed by atoms with E-state index in [-0.39, 0.29) is 18.6 Å². The Kier molecular flexibility index (Phi) is 3.38. The maximum atomic E-state index is 11.9. The van der Waals surface area contributed by atoms with Gasteiger partial charge in [0, 0.05) is 25.2 Å². The van der Waals surface area contributed by atoms with Gasteiger partial charge >= 0.3 is 5.69 Å². The zero-order chi connectivity index (χ0) is 13.4. The van der Waals surface area contributed by atoms with Crippen molar-refractivity contribution in [3.05, 3.63) is 32.6 Å². The van der Waals surface area contributed by atoms with Crippen molar-refractivity contribution in [3.63, 3.8) is 0 Å². The van der Waals surface area contributed by atoms with Crippen molar-refractivity contribution in [1.29, 1.82) is 0 Å². The van der Waals surface area contributed by atoms with Gasteiger partial charge in [0.2, 0.25) is 0 Å². The molecule has 0 aliphatic carbocycles. The number of aryl methyl sites for hydroxylation is 1. The molecule has 0 amide bonds. The maximum Gasteiger partial charge on any atom is 0.332 e. The summed E-state index contributed by atoms with van der Waals surface area (Å²) in [6.07, 6.45) is -0.538. The van der Waals surface area contributed by atoms with E-state index >= 15 is 0 Å². The van der Waals surface area contributed by atoms with Gasteiger partial charge in [-0.25, -0.2) is 4.79 Å². The monoisotopic (exact) mass is 256 g/mol. The summed E-state index contributed by atoms with van der Waals surface area (Å²) in [4.78, 5) is 23.5. The van der Waals surface area contributed by atoms with Crippen LogP contribution in [0.5, 0.6) is 0 Å². The molecular weight excluding hydrogens is 240 g/mol. The third kappa shape index (κ3) is 2.00. The highest BCUT2D eigenvalue weighted by atomic mass is 16.5. The molecule has 1 aliphatic heterocycles. The number of nitrogens with zero attached hydrogens (tertiary/aromatic N) is 2. The van der Waals surface area contributed by atoms with E-state index in [4.69, 9.17) is 9.84 Å². The number of ether oxygens (including phenoxy) is 1. The minimum Gasteiger partial charge on any atom is -0.394 e. The van der Waals surface area contributed by atoms with Gasteiger partial charge in [-0.15, -0.1) is 0 Å². The number of rotatable bonds is 2. The molecular formula is C11H16N2O5. The fourth-order valence-electron chi connectivity index (χ4n) is 2.10. The molecule has 3 atom stereocenters. The predicted molar refractivity (Wildman–Crippen MR) is 62.3 cm³/mol. The summed E-state index contributed by atoms with van der Waals surface area (Å²) in [7, 11) is 1.39. The highest BCUT2D eigenvalue weighted by molar-refractivity contribution is 5.03. The summed E-state index contributed by atoms with van der Waals surface area (Å²) in [6, 6.07) is 0. The van der Waals surface area contributed by atoms with Crippen molar-refractivity contribution in [1.82, 2.24) is 9.13 Å². The highest BCUT2D eigenvalue weighted by Gasteiger charge is 2.35. The lowest BCUT2D eigenvalue weighted by atomic mass is 10.2. The molecule has 7 nitrogen and oxygen atoms in total. The van der Waals surface area contributed by atoms with E-state index in [1.165, 1.54) is 17.8 Å². The molecule has 1 aliphatic rings. The second-order valence-corrected chi connectivity index (χ2v) is 4.48.